The van der Waals surface area contributed by atoms with Crippen molar-refractivity contribution < 1.29 is 14.0 Å². The first-order chi connectivity index (χ1) is 14.0. The number of aromatic nitrogens is 1. The number of nitrogens with one attached hydrogen (secondary N) is 1. The molecule has 0 fully saturated rings. The van der Waals surface area contributed by atoms with Gasteiger partial charge >= 0.3 is 0 Å². The number of benzene rings is 2. The van der Waals surface area contributed by atoms with Gasteiger partial charge in [-0.3, -0.25) is 9.59 Å². The quantitative estimate of drug-likeness (QED) is 0.617. The molecule has 0 bridgehead atoms. The molecule has 3 rings (SSSR count). The van der Waals surface area contributed by atoms with E-state index < -0.39 is 0 Å². The largest absolute Gasteiger partial charge is 0.339 e. The predicted octanol–water partition coefficient (Wildman–Crippen LogP) is 4.61. The Morgan fingerprint density at radius 2 is 1.83 bits per heavy atom. The van der Waals surface area contributed by atoms with Gasteiger partial charge in [0, 0.05) is 35.3 Å². The minimum absolute atomic E-state index is 0.0276. The molecule has 0 aliphatic carbocycles. The first kappa shape index (κ1) is 20.7. The van der Waals surface area contributed by atoms with Crippen molar-refractivity contribution >= 4 is 28.8 Å². The summed E-state index contributed by atoms with van der Waals surface area (Å²) >= 11 is 1.37. The van der Waals surface area contributed by atoms with E-state index in [0.717, 1.165) is 0 Å². The number of nitrogens with zero attached hydrogens (tertiary/aromatic N) is 2. The van der Waals surface area contributed by atoms with E-state index in [0.29, 0.717) is 40.6 Å². The molecule has 29 heavy (non-hydrogen) atoms. The topological polar surface area (TPSA) is 62.3 Å². The Morgan fingerprint density at radius 3 is 2.48 bits per heavy atom. The van der Waals surface area contributed by atoms with Gasteiger partial charge in [0.05, 0.1) is 12.1 Å². The second-order valence-corrected chi connectivity index (χ2v) is 7.29. The fourth-order valence-electron chi connectivity index (χ4n) is 2.90. The van der Waals surface area contributed by atoms with Gasteiger partial charge in [-0.2, -0.15) is 0 Å². The average Bonchev–Trinajstić information content (AvgIpc) is 3.17. The smallest absolute Gasteiger partial charge is 0.253 e. The van der Waals surface area contributed by atoms with Crippen LogP contribution < -0.4 is 5.32 Å². The van der Waals surface area contributed by atoms with Crippen molar-refractivity contribution in [3.05, 3.63) is 71.0 Å². The first-order valence-electron chi connectivity index (χ1n) is 9.39. The van der Waals surface area contributed by atoms with Crippen molar-refractivity contribution in [3.8, 4) is 10.6 Å². The third kappa shape index (κ3) is 5.26. The maximum absolute atomic E-state index is 13.4. The predicted molar refractivity (Wildman–Crippen MR) is 114 cm³/mol. The van der Waals surface area contributed by atoms with Crippen molar-refractivity contribution in [1.29, 1.82) is 0 Å². The molecule has 2 amide bonds. The van der Waals surface area contributed by atoms with Gasteiger partial charge in [-0.1, -0.05) is 12.1 Å². The third-order valence-corrected chi connectivity index (χ3v) is 5.37. The van der Waals surface area contributed by atoms with Crippen LogP contribution in [0.15, 0.2) is 53.9 Å². The van der Waals surface area contributed by atoms with E-state index in [4.69, 9.17) is 0 Å². The molecular weight excluding hydrogens is 389 g/mol. The summed E-state index contributed by atoms with van der Waals surface area (Å²) in [6.07, 6.45) is 0.117. The highest BCUT2D eigenvalue weighted by molar-refractivity contribution is 7.13. The Hall–Kier alpha value is -3.06. The molecule has 1 heterocycles. The average molecular weight is 412 g/mol. The van der Waals surface area contributed by atoms with E-state index in [-0.39, 0.29) is 24.1 Å². The van der Waals surface area contributed by atoms with E-state index in [1.54, 1.807) is 46.7 Å². The summed E-state index contributed by atoms with van der Waals surface area (Å²) in [5.74, 6) is -0.552. The zero-order valence-electron chi connectivity index (χ0n) is 16.3. The summed E-state index contributed by atoms with van der Waals surface area (Å²) in [5.41, 5.74) is 2.52. The summed E-state index contributed by atoms with van der Waals surface area (Å²) < 4.78 is 13.4. The maximum atomic E-state index is 13.4. The van der Waals surface area contributed by atoms with Crippen LogP contribution in [0.25, 0.3) is 10.6 Å². The highest BCUT2D eigenvalue weighted by Gasteiger charge is 2.13. The van der Waals surface area contributed by atoms with E-state index in [9.17, 15) is 14.0 Å². The van der Waals surface area contributed by atoms with Gasteiger partial charge in [0.1, 0.15) is 10.8 Å². The van der Waals surface area contributed by atoms with Crippen LogP contribution >= 0.6 is 11.3 Å². The van der Waals surface area contributed by atoms with Crippen LogP contribution in [0, 0.1) is 5.82 Å². The molecule has 0 saturated carbocycles. The lowest BCUT2D eigenvalue weighted by molar-refractivity contribution is -0.115. The number of amides is 2. The van der Waals surface area contributed by atoms with E-state index in [1.165, 1.54) is 23.5 Å². The molecule has 150 valence electrons. The van der Waals surface area contributed by atoms with Gasteiger partial charge in [0.25, 0.3) is 5.91 Å². The molecule has 0 saturated heterocycles. The number of carbonyl (C=O) groups is 2. The summed E-state index contributed by atoms with van der Waals surface area (Å²) in [6, 6.07) is 13.1. The summed E-state index contributed by atoms with van der Waals surface area (Å²) in [7, 11) is 0. The van der Waals surface area contributed by atoms with Gasteiger partial charge in [0.2, 0.25) is 5.91 Å². The molecule has 0 aliphatic heterocycles. The lowest BCUT2D eigenvalue weighted by Gasteiger charge is -2.18. The van der Waals surface area contributed by atoms with Gasteiger partial charge in [-0.15, -0.1) is 11.3 Å². The SMILES string of the molecule is CCN(CC)C(=O)c1ccc(NC(=O)Cc2csc(-c3cccc(F)c3)n2)cc1. The monoisotopic (exact) mass is 411 g/mol. The highest BCUT2D eigenvalue weighted by Crippen LogP contribution is 2.24. The molecule has 0 spiro atoms. The molecule has 2 aromatic carbocycles. The van der Waals surface area contributed by atoms with Crippen LogP contribution in [-0.4, -0.2) is 34.8 Å². The number of hydrogen-bond donors (Lipinski definition) is 1. The number of carbonyl (C=O) groups excluding carboxylic acids is 2. The Morgan fingerprint density at radius 1 is 1.10 bits per heavy atom. The van der Waals surface area contributed by atoms with Gasteiger partial charge in [-0.25, -0.2) is 9.37 Å². The molecule has 0 unspecified atom stereocenters. The number of hydrogen-bond acceptors (Lipinski definition) is 4. The molecular formula is C22H22FN3O2S. The fourth-order valence-corrected chi connectivity index (χ4v) is 3.72. The van der Waals surface area contributed by atoms with Gasteiger partial charge in [0.15, 0.2) is 0 Å². The van der Waals surface area contributed by atoms with Crippen molar-refractivity contribution in [3.63, 3.8) is 0 Å². The molecule has 3 aromatic rings. The second-order valence-electron chi connectivity index (χ2n) is 6.43. The summed E-state index contributed by atoms with van der Waals surface area (Å²) in [4.78, 5) is 30.8. The Balaban J connectivity index is 1.60. The van der Waals surface area contributed by atoms with Crippen molar-refractivity contribution in [2.45, 2.75) is 20.3 Å². The number of anilines is 1. The van der Waals surface area contributed by atoms with Crippen molar-refractivity contribution in [2.24, 2.45) is 0 Å². The summed E-state index contributed by atoms with van der Waals surface area (Å²) in [6.45, 7) is 5.18. The van der Waals surface area contributed by atoms with Gasteiger partial charge in [-0.05, 0) is 50.2 Å². The standard InChI is InChI=1S/C22H22FN3O2S/c1-3-26(4-2)22(28)15-8-10-18(11-9-15)24-20(27)13-19-14-29-21(25-19)16-6-5-7-17(23)12-16/h5-12,14H,3-4,13H2,1-2H3,(H,24,27). The number of halogens is 1. The van der Waals surface area contributed by atoms with Crippen LogP contribution in [0.5, 0.6) is 0 Å². The van der Waals surface area contributed by atoms with Gasteiger partial charge < -0.3 is 10.2 Å². The zero-order valence-corrected chi connectivity index (χ0v) is 17.1. The van der Waals surface area contributed by atoms with Crippen LogP contribution in [0.4, 0.5) is 10.1 Å². The first-order valence-corrected chi connectivity index (χ1v) is 10.3. The van der Waals surface area contributed by atoms with Crippen LogP contribution in [0.3, 0.4) is 0 Å². The van der Waals surface area contributed by atoms with Crippen molar-refractivity contribution in [2.75, 3.05) is 18.4 Å². The number of rotatable bonds is 7. The minimum atomic E-state index is -0.320. The normalized spacial score (nSPS) is 10.6. The Kier molecular flexibility index (Phi) is 6.72. The van der Waals surface area contributed by atoms with Crippen LogP contribution in [-0.2, 0) is 11.2 Å². The number of thiazole rings is 1. The molecule has 0 radical (unpaired) electrons. The molecule has 5 nitrogen and oxygen atoms in total. The summed E-state index contributed by atoms with van der Waals surface area (Å²) in [5, 5.41) is 5.28. The minimum Gasteiger partial charge on any atom is -0.339 e. The molecule has 1 N–H and O–H groups in total. The Labute approximate surface area is 173 Å². The molecule has 0 aliphatic rings. The maximum Gasteiger partial charge on any atom is 0.253 e. The highest BCUT2D eigenvalue weighted by atomic mass is 32.1. The van der Waals surface area contributed by atoms with E-state index >= 15 is 0 Å². The van der Waals surface area contributed by atoms with E-state index in [2.05, 4.69) is 10.3 Å². The molecule has 1 aromatic heterocycles. The molecule has 0 atom stereocenters. The van der Waals surface area contributed by atoms with Crippen molar-refractivity contribution in [1.82, 2.24) is 9.88 Å². The second kappa shape index (κ2) is 9.43. The van der Waals surface area contributed by atoms with Crippen LogP contribution in [0.1, 0.15) is 29.9 Å². The fraction of sp³-hybridized carbons (Fsp3) is 0.227. The lowest BCUT2D eigenvalue weighted by Crippen LogP contribution is -2.30. The Bertz CT molecular complexity index is 997. The lowest BCUT2D eigenvalue weighted by atomic mass is 10.1. The zero-order chi connectivity index (χ0) is 20.8. The van der Waals surface area contributed by atoms with E-state index in [1.807, 2.05) is 13.8 Å². The van der Waals surface area contributed by atoms with Crippen LogP contribution in [0.2, 0.25) is 0 Å². The molecule has 7 heteroatoms. The third-order valence-electron chi connectivity index (χ3n) is 4.43.